The van der Waals surface area contributed by atoms with Crippen LogP contribution >= 0.6 is 0 Å². The van der Waals surface area contributed by atoms with Crippen molar-refractivity contribution in [2.75, 3.05) is 6.61 Å². The van der Waals surface area contributed by atoms with Crippen molar-refractivity contribution in [3.8, 4) is 5.75 Å². The molecule has 1 atom stereocenters. The van der Waals surface area contributed by atoms with Gasteiger partial charge >= 0.3 is 0 Å². The summed E-state index contributed by atoms with van der Waals surface area (Å²) in [6.45, 7) is 6.57. The van der Waals surface area contributed by atoms with E-state index in [0.29, 0.717) is 12.2 Å². The van der Waals surface area contributed by atoms with E-state index < -0.39 is 0 Å². The Bertz CT molecular complexity index is 919. The van der Waals surface area contributed by atoms with Gasteiger partial charge in [0.1, 0.15) is 5.75 Å². The summed E-state index contributed by atoms with van der Waals surface area (Å²) < 4.78 is 5.57. The Kier molecular flexibility index (Phi) is 5.92. The average Bonchev–Trinajstić information content (AvgIpc) is 2.68. The summed E-state index contributed by atoms with van der Waals surface area (Å²) in [6, 6.07) is 23.6. The number of ether oxygens (including phenoxy) is 1. The van der Waals surface area contributed by atoms with E-state index >= 15 is 0 Å². The van der Waals surface area contributed by atoms with E-state index in [4.69, 9.17) is 4.74 Å². The molecule has 0 unspecified atom stereocenters. The molecule has 0 radical (unpaired) electrons. The average molecular weight is 359 g/mol. The minimum atomic E-state index is -0.203. The van der Waals surface area contributed by atoms with Crippen LogP contribution in [0.5, 0.6) is 5.75 Å². The predicted octanol–water partition coefficient (Wildman–Crippen LogP) is 5.22. The number of nitrogens with one attached hydrogen (secondary N) is 1. The van der Waals surface area contributed by atoms with E-state index in [-0.39, 0.29) is 11.9 Å². The Morgan fingerprint density at radius 2 is 1.67 bits per heavy atom. The molecule has 3 heteroatoms. The van der Waals surface area contributed by atoms with Crippen molar-refractivity contribution < 1.29 is 9.53 Å². The number of carbonyl (C=O) groups excluding carboxylic acids is 1. The van der Waals surface area contributed by atoms with Crippen LogP contribution in [-0.2, 0) is 0 Å². The molecule has 0 spiro atoms. The Morgan fingerprint density at radius 3 is 2.33 bits per heavy atom. The summed E-state index contributed by atoms with van der Waals surface area (Å²) in [7, 11) is 0. The molecule has 0 bridgehead atoms. The molecule has 0 heterocycles. The minimum absolute atomic E-state index is 0.100. The molecule has 0 aliphatic heterocycles. The van der Waals surface area contributed by atoms with Gasteiger partial charge in [0.25, 0.3) is 5.91 Å². The Balaban J connectivity index is 1.90. The number of carbonyl (C=O) groups is 1. The smallest absolute Gasteiger partial charge is 0.252 e. The summed E-state index contributed by atoms with van der Waals surface area (Å²) in [6.07, 6.45) is 0. The molecule has 0 saturated heterocycles. The number of amides is 1. The standard InChI is InChI=1S/C24H25NO2/c1-4-27-22-14-13-21(16-18(22)3)24(26)25-23(19-10-6-5-7-11-19)20-12-8-9-17(2)15-20/h5-16,23H,4H2,1-3H3,(H,25,26)/t23-/m0/s1. The third kappa shape index (κ3) is 4.56. The Hall–Kier alpha value is -3.07. The first-order valence-corrected chi connectivity index (χ1v) is 9.24. The van der Waals surface area contributed by atoms with Gasteiger partial charge in [0.15, 0.2) is 0 Å². The monoisotopic (exact) mass is 359 g/mol. The quantitative estimate of drug-likeness (QED) is 0.655. The number of benzene rings is 3. The third-order valence-electron chi connectivity index (χ3n) is 4.52. The number of hydrogen-bond acceptors (Lipinski definition) is 2. The highest BCUT2D eigenvalue weighted by Gasteiger charge is 2.18. The molecule has 0 aromatic heterocycles. The number of hydrogen-bond donors (Lipinski definition) is 1. The molecule has 3 aromatic carbocycles. The molecule has 3 nitrogen and oxygen atoms in total. The molecule has 3 aromatic rings. The second-order valence-corrected chi connectivity index (χ2v) is 6.64. The maximum atomic E-state index is 13.0. The highest BCUT2D eigenvalue weighted by molar-refractivity contribution is 5.95. The van der Waals surface area contributed by atoms with Gasteiger partial charge < -0.3 is 10.1 Å². The molecule has 3 rings (SSSR count). The van der Waals surface area contributed by atoms with Crippen molar-refractivity contribution in [2.24, 2.45) is 0 Å². The normalized spacial score (nSPS) is 11.7. The number of aryl methyl sites for hydroxylation is 2. The van der Waals surface area contributed by atoms with Crippen LogP contribution in [-0.4, -0.2) is 12.5 Å². The van der Waals surface area contributed by atoms with Crippen molar-refractivity contribution in [1.82, 2.24) is 5.32 Å². The molecular formula is C24H25NO2. The van der Waals surface area contributed by atoms with Gasteiger partial charge in [0, 0.05) is 5.56 Å². The van der Waals surface area contributed by atoms with Gasteiger partial charge in [-0.15, -0.1) is 0 Å². The van der Waals surface area contributed by atoms with Gasteiger partial charge in [0.05, 0.1) is 12.6 Å². The molecule has 0 aliphatic carbocycles. The van der Waals surface area contributed by atoms with E-state index in [1.54, 1.807) is 0 Å². The first kappa shape index (κ1) is 18.7. The molecular weight excluding hydrogens is 334 g/mol. The fourth-order valence-electron chi connectivity index (χ4n) is 3.18. The van der Waals surface area contributed by atoms with Crippen molar-refractivity contribution in [2.45, 2.75) is 26.8 Å². The lowest BCUT2D eigenvalue weighted by molar-refractivity contribution is 0.0943. The lowest BCUT2D eigenvalue weighted by Crippen LogP contribution is -2.29. The summed E-state index contributed by atoms with van der Waals surface area (Å²) >= 11 is 0. The van der Waals surface area contributed by atoms with Gasteiger partial charge in [-0.25, -0.2) is 0 Å². The van der Waals surface area contributed by atoms with Crippen molar-refractivity contribution in [3.05, 3.63) is 101 Å². The zero-order chi connectivity index (χ0) is 19.2. The van der Waals surface area contributed by atoms with Crippen LogP contribution < -0.4 is 10.1 Å². The Labute approximate surface area is 161 Å². The van der Waals surface area contributed by atoms with E-state index in [0.717, 1.165) is 22.4 Å². The molecule has 0 saturated carbocycles. The maximum absolute atomic E-state index is 13.0. The van der Waals surface area contributed by atoms with Crippen LogP contribution in [0.1, 0.15) is 45.6 Å². The van der Waals surface area contributed by atoms with Crippen LogP contribution in [0.25, 0.3) is 0 Å². The lowest BCUT2D eigenvalue weighted by Gasteiger charge is -2.21. The molecule has 27 heavy (non-hydrogen) atoms. The minimum Gasteiger partial charge on any atom is -0.494 e. The van der Waals surface area contributed by atoms with E-state index in [1.165, 1.54) is 5.56 Å². The molecule has 0 fully saturated rings. The predicted molar refractivity (Wildman–Crippen MR) is 109 cm³/mol. The van der Waals surface area contributed by atoms with Gasteiger partial charge in [-0.05, 0) is 55.7 Å². The zero-order valence-corrected chi connectivity index (χ0v) is 16.0. The highest BCUT2D eigenvalue weighted by atomic mass is 16.5. The topological polar surface area (TPSA) is 38.3 Å². The summed E-state index contributed by atoms with van der Waals surface area (Å²) in [5.74, 6) is 0.712. The van der Waals surface area contributed by atoms with Gasteiger partial charge in [-0.3, -0.25) is 4.79 Å². The number of rotatable bonds is 6. The van der Waals surface area contributed by atoms with Crippen molar-refractivity contribution in [1.29, 1.82) is 0 Å². The van der Waals surface area contributed by atoms with Crippen molar-refractivity contribution in [3.63, 3.8) is 0 Å². The fourth-order valence-corrected chi connectivity index (χ4v) is 3.18. The summed E-state index contributed by atoms with van der Waals surface area (Å²) in [4.78, 5) is 13.0. The van der Waals surface area contributed by atoms with Crippen LogP contribution in [0, 0.1) is 13.8 Å². The van der Waals surface area contributed by atoms with Gasteiger partial charge in [0.2, 0.25) is 0 Å². The SMILES string of the molecule is CCOc1ccc(C(=O)N[C@@H](c2ccccc2)c2cccc(C)c2)cc1C. The first-order valence-electron chi connectivity index (χ1n) is 9.24. The van der Waals surface area contributed by atoms with Crippen LogP contribution in [0.4, 0.5) is 0 Å². The van der Waals surface area contributed by atoms with Crippen LogP contribution in [0.15, 0.2) is 72.8 Å². The first-order chi connectivity index (χ1) is 13.1. The fraction of sp³-hybridized carbons (Fsp3) is 0.208. The van der Waals surface area contributed by atoms with Gasteiger partial charge in [-0.2, -0.15) is 0 Å². The van der Waals surface area contributed by atoms with Crippen molar-refractivity contribution >= 4 is 5.91 Å². The highest BCUT2D eigenvalue weighted by Crippen LogP contribution is 2.24. The molecule has 1 N–H and O–H groups in total. The van der Waals surface area contributed by atoms with E-state index in [2.05, 4.69) is 24.4 Å². The third-order valence-corrected chi connectivity index (χ3v) is 4.52. The summed E-state index contributed by atoms with van der Waals surface area (Å²) in [5.41, 5.74) is 4.87. The summed E-state index contributed by atoms with van der Waals surface area (Å²) in [5, 5.41) is 3.19. The molecule has 138 valence electrons. The molecule has 1 amide bonds. The van der Waals surface area contributed by atoms with E-state index in [1.807, 2.05) is 74.5 Å². The second-order valence-electron chi connectivity index (χ2n) is 6.64. The van der Waals surface area contributed by atoms with E-state index in [9.17, 15) is 4.79 Å². The largest absolute Gasteiger partial charge is 0.494 e. The van der Waals surface area contributed by atoms with Crippen LogP contribution in [0.2, 0.25) is 0 Å². The van der Waals surface area contributed by atoms with Gasteiger partial charge in [-0.1, -0.05) is 60.2 Å². The maximum Gasteiger partial charge on any atom is 0.252 e. The Morgan fingerprint density at radius 1 is 0.926 bits per heavy atom. The lowest BCUT2D eigenvalue weighted by atomic mass is 9.97. The van der Waals surface area contributed by atoms with Crippen LogP contribution in [0.3, 0.4) is 0 Å². The molecule has 0 aliphatic rings. The zero-order valence-electron chi connectivity index (χ0n) is 16.0. The second kappa shape index (κ2) is 8.54.